The Labute approximate surface area is 259 Å². The van der Waals surface area contributed by atoms with E-state index in [0.717, 1.165) is 11.9 Å². The van der Waals surface area contributed by atoms with Crippen molar-refractivity contribution in [1.29, 1.82) is 0 Å². The molecule has 5 aromatic carbocycles. The van der Waals surface area contributed by atoms with Crippen molar-refractivity contribution in [2.75, 3.05) is 0 Å². The van der Waals surface area contributed by atoms with Crippen LogP contribution in [-0.4, -0.2) is 4.98 Å². The average molecular weight is 564 g/mol. The average Bonchev–Trinajstić information content (AvgIpc) is 3.46. The van der Waals surface area contributed by atoms with Gasteiger partial charge in [0.1, 0.15) is 0 Å². The molecule has 0 saturated heterocycles. The van der Waals surface area contributed by atoms with Crippen LogP contribution in [0.5, 0.6) is 0 Å². The predicted octanol–water partition coefficient (Wildman–Crippen LogP) is 11.3. The maximum atomic E-state index is 4.62. The second-order valence-corrected chi connectivity index (χ2v) is 12.0. The molecular weight excluding hydrogens is 530 g/mol. The number of fused-ring (bicyclic) bond motifs is 5. The summed E-state index contributed by atoms with van der Waals surface area (Å²) in [5.74, 6) is 0.326. The zero-order valence-electron chi connectivity index (χ0n) is 25.1. The van der Waals surface area contributed by atoms with Crippen molar-refractivity contribution in [3.8, 4) is 33.4 Å². The van der Waals surface area contributed by atoms with Gasteiger partial charge in [-0.25, -0.2) is 0 Å². The SMILES string of the molecule is C/C(=C\C=C1\C=Cc2ccc(-c3ccccc3)cc2C1C)c1ccc2c(c1)-c1c(cccc1-c1cccc3ncccc13)C2. The topological polar surface area (TPSA) is 12.9 Å². The predicted molar refractivity (Wildman–Crippen MR) is 186 cm³/mol. The van der Waals surface area contributed by atoms with Gasteiger partial charge in [-0.3, -0.25) is 4.98 Å². The van der Waals surface area contributed by atoms with E-state index in [9.17, 15) is 0 Å². The van der Waals surface area contributed by atoms with Crippen LogP contribution in [0.3, 0.4) is 0 Å². The molecule has 0 bridgehead atoms. The minimum absolute atomic E-state index is 0.326. The molecule has 0 aliphatic heterocycles. The number of nitrogens with zero attached hydrogens (tertiary/aromatic N) is 1. The van der Waals surface area contributed by atoms with Crippen LogP contribution in [0.1, 0.15) is 47.6 Å². The third kappa shape index (κ3) is 4.53. The van der Waals surface area contributed by atoms with Crippen molar-refractivity contribution >= 4 is 22.6 Å². The third-order valence-electron chi connectivity index (χ3n) is 9.44. The lowest BCUT2D eigenvalue weighted by atomic mass is 9.82. The summed E-state index contributed by atoms with van der Waals surface area (Å²) in [4.78, 5) is 4.62. The van der Waals surface area contributed by atoms with Gasteiger partial charge < -0.3 is 0 Å². The summed E-state index contributed by atoms with van der Waals surface area (Å²) in [6.45, 7) is 4.55. The van der Waals surface area contributed by atoms with Crippen molar-refractivity contribution in [3.05, 3.63) is 173 Å². The summed E-state index contributed by atoms with van der Waals surface area (Å²) in [5.41, 5.74) is 18.2. The molecule has 1 heteroatoms. The van der Waals surface area contributed by atoms with Crippen LogP contribution in [0.15, 0.2) is 145 Å². The minimum atomic E-state index is 0.326. The highest BCUT2D eigenvalue weighted by molar-refractivity contribution is 6.01. The van der Waals surface area contributed by atoms with Crippen LogP contribution in [0.4, 0.5) is 0 Å². The van der Waals surface area contributed by atoms with Gasteiger partial charge in [0.05, 0.1) is 5.52 Å². The van der Waals surface area contributed by atoms with Crippen LogP contribution < -0.4 is 0 Å². The summed E-state index contributed by atoms with van der Waals surface area (Å²) in [7, 11) is 0. The molecule has 1 unspecified atom stereocenters. The van der Waals surface area contributed by atoms with Crippen molar-refractivity contribution in [1.82, 2.24) is 4.98 Å². The van der Waals surface area contributed by atoms with E-state index in [0.29, 0.717) is 5.92 Å². The Hall–Kier alpha value is -5.27. The number of hydrogen-bond acceptors (Lipinski definition) is 1. The number of aromatic nitrogens is 1. The zero-order valence-corrected chi connectivity index (χ0v) is 25.1. The van der Waals surface area contributed by atoms with Crippen molar-refractivity contribution in [3.63, 3.8) is 0 Å². The first-order valence-electron chi connectivity index (χ1n) is 15.5. The van der Waals surface area contributed by atoms with Crippen LogP contribution >= 0.6 is 0 Å². The van der Waals surface area contributed by atoms with E-state index in [-0.39, 0.29) is 0 Å². The Bertz CT molecular complexity index is 2150. The van der Waals surface area contributed by atoms with Crippen molar-refractivity contribution in [2.45, 2.75) is 26.2 Å². The highest BCUT2D eigenvalue weighted by Gasteiger charge is 2.23. The summed E-state index contributed by atoms with van der Waals surface area (Å²) < 4.78 is 0. The molecule has 44 heavy (non-hydrogen) atoms. The molecule has 210 valence electrons. The molecule has 0 spiro atoms. The summed E-state index contributed by atoms with van der Waals surface area (Å²) in [6, 6.07) is 42.0. The van der Waals surface area contributed by atoms with Crippen LogP contribution in [0.2, 0.25) is 0 Å². The van der Waals surface area contributed by atoms with Gasteiger partial charge >= 0.3 is 0 Å². The van der Waals surface area contributed by atoms with Crippen LogP contribution in [0, 0.1) is 0 Å². The number of hydrogen-bond donors (Lipinski definition) is 0. The molecule has 0 fully saturated rings. The van der Waals surface area contributed by atoms with E-state index < -0.39 is 0 Å². The Morgan fingerprint density at radius 3 is 2.48 bits per heavy atom. The molecule has 1 atom stereocenters. The van der Waals surface area contributed by atoms with Crippen LogP contribution in [0.25, 0.3) is 55.9 Å². The van der Waals surface area contributed by atoms with Crippen molar-refractivity contribution in [2.24, 2.45) is 0 Å². The molecule has 6 aromatic rings. The Morgan fingerprint density at radius 1 is 0.705 bits per heavy atom. The molecule has 1 aromatic heterocycles. The van der Waals surface area contributed by atoms with E-state index in [1.54, 1.807) is 0 Å². The molecule has 0 amide bonds. The Kier molecular flexibility index (Phi) is 6.46. The number of rotatable bonds is 4. The highest BCUT2D eigenvalue weighted by atomic mass is 14.6. The van der Waals surface area contributed by atoms with Gasteiger partial charge in [0.2, 0.25) is 0 Å². The Morgan fingerprint density at radius 2 is 1.57 bits per heavy atom. The van der Waals surface area contributed by atoms with Gasteiger partial charge in [-0.2, -0.15) is 0 Å². The molecule has 0 N–H and O–H groups in total. The molecule has 1 heterocycles. The van der Waals surface area contributed by atoms with Crippen LogP contribution in [-0.2, 0) is 6.42 Å². The lowest BCUT2D eigenvalue weighted by Gasteiger charge is -2.22. The highest BCUT2D eigenvalue weighted by Crippen LogP contribution is 2.45. The summed E-state index contributed by atoms with van der Waals surface area (Å²) in [6.07, 6.45) is 12.0. The molecular formula is C43H33N. The fraction of sp³-hybridized carbons (Fsp3) is 0.0930. The fourth-order valence-corrected chi connectivity index (χ4v) is 6.98. The first-order chi connectivity index (χ1) is 21.6. The van der Waals surface area contributed by atoms with Gasteiger partial charge in [-0.15, -0.1) is 0 Å². The van der Waals surface area contributed by atoms with E-state index in [1.807, 2.05) is 12.3 Å². The van der Waals surface area contributed by atoms with Gasteiger partial charge in [-0.1, -0.05) is 122 Å². The monoisotopic (exact) mass is 563 g/mol. The van der Waals surface area contributed by atoms with E-state index in [4.69, 9.17) is 0 Å². The summed E-state index contributed by atoms with van der Waals surface area (Å²) >= 11 is 0. The molecule has 2 aliphatic rings. The largest absolute Gasteiger partial charge is 0.256 e. The standard InChI is InChI=1S/C43H33N/c1-28(16-17-30-18-19-32-20-22-34(27-40(32)29(30)2)31-9-4-3-5-10-31)33-21-23-35-25-36-11-6-13-39(43(36)41(35)26-33)37-12-7-15-42-38(37)14-8-24-44-42/h3-24,26-27,29H,25H2,1-2H3/b28-16+,30-17-. The zero-order chi connectivity index (χ0) is 29.6. The molecule has 8 rings (SSSR count). The third-order valence-corrected chi connectivity index (χ3v) is 9.44. The number of pyridine rings is 1. The van der Waals surface area contributed by atoms with E-state index in [1.165, 1.54) is 77.7 Å². The molecule has 0 radical (unpaired) electrons. The molecule has 1 nitrogen and oxygen atoms in total. The number of benzene rings is 5. The summed E-state index contributed by atoms with van der Waals surface area (Å²) in [5, 5.41) is 1.20. The first-order valence-corrected chi connectivity index (χ1v) is 15.5. The quantitative estimate of drug-likeness (QED) is 0.208. The molecule has 0 saturated carbocycles. The lowest BCUT2D eigenvalue weighted by Crippen LogP contribution is -2.03. The second kappa shape index (κ2) is 10.8. The second-order valence-electron chi connectivity index (χ2n) is 12.0. The van der Waals surface area contributed by atoms with Crippen molar-refractivity contribution < 1.29 is 0 Å². The first kappa shape index (κ1) is 26.4. The maximum Gasteiger partial charge on any atom is 0.0708 e. The maximum absolute atomic E-state index is 4.62. The van der Waals surface area contributed by atoms with Gasteiger partial charge in [0, 0.05) is 17.5 Å². The van der Waals surface area contributed by atoms with Gasteiger partial charge in [0.15, 0.2) is 0 Å². The lowest BCUT2D eigenvalue weighted by molar-refractivity contribution is 0.911. The minimum Gasteiger partial charge on any atom is -0.256 e. The van der Waals surface area contributed by atoms with Gasteiger partial charge in [-0.05, 0) is 110 Å². The normalized spacial score (nSPS) is 16.2. The Balaban J connectivity index is 1.13. The smallest absolute Gasteiger partial charge is 0.0708 e. The van der Waals surface area contributed by atoms with E-state index >= 15 is 0 Å². The van der Waals surface area contributed by atoms with Gasteiger partial charge in [0.25, 0.3) is 0 Å². The fourth-order valence-electron chi connectivity index (χ4n) is 6.98. The van der Waals surface area contributed by atoms with E-state index in [2.05, 4.69) is 152 Å². The molecule has 2 aliphatic carbocycles. The number of allylic oxidation sites excluding steroid dienone is 5.